The number of esters is 1. The number of phenolic OH excluding ortho intramolecular Hbond substituents is 1. The van der Waals surface area contributed by atoms with Crippen molar-refractivity contribution in [3.05, 3.63) is 34.4 Å². The maximum absolute atomic E-state index is 11.6. The summed E-state index contributed by atoms with van der Waals surface area (Å²) in [4.78, 5) is 23.1. The van der Waals surface area contributed by atoms with Gasteiger partial charge >= 0.3 is 11.9 Å². The topological polar surface area (TPSA) is 83.8 Å². The van der Waals surface area contributed by atoms with Crippen LogP contribution in [0.5, 0.6) is 11.5 Å². The molecule has 0 radical (unpaired) electrons. The van der Waals surface area contributed by atoms with Crippen LogP contribution in [0.1, 0.15) is 91.2 Å². The number of hydrogen-bond acceptors (Lipinski definition) is 4. The van der Waals surface area contributed by atoms with Crippen molar-refractivity contribution in [2.24, 2.45) is 28.6 Å². The monoisotopic (exact) mass is 470 g/mol. The van der Waals surface area contributed by atoms with E-state index < -0.39 is 5.97 Å². The number of aromatic hydroxyl groups is 1. The maximum Gasteiger partial charge on any atom is 0.308 e. The molecule has 2 N–H and O–H groups in total. The molecule has 5 atom stereocenters. The molecule has 0 bridgehead atoms. The zero-order chi connectivity index (χ0) is 25.4. The number of fused-ring (bicyclic) bond motifs is 1. The van der Waals surface area contributed by atoms with Crippen molar-refractivity contribution < 1.29 is 24.5 Å². The predicted molar refractivity (Wildman–Crippen MR) is 134 cm³/mol. The molecule has 0 saturated heterocycles. The van der Waals surface area contributed by atoms with Crippen molar-refractivity contribution in [2.45, 2.75) is 93.4 Å². The molecule has 1 aromatic rings. The first kappa shape index (κ1) is 26.3. The van der Waals surface area contributed by atoms with Crippen LogP contribution in [0.4, 0.5) is 0 Å². The number of hydrogen-bond donors (Lipinski definition) is 2. The lowest BCUT2D eigenvalue weighted by Crippen LogP contribution is -2.54. The quantitative estimate of drug-likeness (QED) is 0.270. The van der Waals surface area contributed by atoms with E-state index in [1.54, 1.807) is 6.07 Å². The fourth-order valence-corrected chi connectivity index (χ4v) is 7.33. The summed E-state index contributed by atoms with van der Waals surface area (Å²) in [7, 11) is 0. The van der Waals surface area contributed by atoms with Gasteiger partial charge in [0.25, 0.3) is 0 Å². The van der Waals surface area contributed by atoms with Crippen LogP contribution < -0.4 is 4.74 Å². The lowest BCUT2D eigenvalue weighted by Gasteiger charge is -2.61. The summed E-state index contributed by atoms with van der Waals surface area (Å²) in [5.41, 5.74) is 4.26. The van der Waals surface area contributed by atoms with Crippen molar-refractivity contribution in [1.29, 1.82) is 0 Å². The molecule has 1 aromatic carbocycles. The minimum atomic E-state index is -0.728. The number of carbonyl (C=O) groups excluding carboxylic acids is 1. The number of carbonyl (C=O) groups is 2. The molecule has 5 heteroatoms. The van der Waals surface area contributed by atoms with Crippen molar-refractivity contribution in [1.82, 2.24) is 0 Å². The highest BCUT2D eigenvalue weighted by molar-refractivity contribution is 5.69. The van der Waals surface area contributed by atoms with Crippen LogP contribution in [0, 0.1) is 35.5 Å². The summed E-state index contributed by atoms with van der Waals surface area (Å²) in [6, 6.07) is 3.53. The zero-order valence-corrected chi connectivity index (χ0v) is 22.0. The van der Waals surface area contributed by atoms with Gasteiger partial charge in [-0.15, -0.1) is 0 Å². The largest absolute Gasteiger partial charge is 0.507 e. The molecule has 5 nitrogen and oxygen atoms in total. The highest BCUT2D eigenvalue weighted by atomic mass is 16.5. The Morgan fingerprint density at radius 2 is 1.82 bits per heavy atom. The number of phenols is 1. The van der Waals surface area contributed by atoms with Crippen LogP contribution in [-0.4, -0.2) is 22.2 Å². The Morgan fingerprint density at radius 1 is 1.15 bits per heavy atom. The second-order valence-electron chi connectivity index (χ2n) is 11.6. The Balaban J connectivity index is 2.04. The Bertz CT molecular complexity index is 988. The molecule has 2 aliphatic carbocycles. The lowest BCUT2D eigenvalue weighted by molar-refractivity contribution is -0.138. The molecule has 0 aromatic heterocycles. The third-order valence-electron chi connectivity index (χ3n) is 9.23. The molecule has 3 rings (SSSR count). The van der Waals surface area contributed by atoms with Gasteiger partial charge in [-0.05, 0) is 111 Å². The summed E-state index contributed by atoms with van der Waals surface area (Å²) in [5, 5.41) is 20.4. The first-order chi connectivity index (χ1) is 15.8. The molecule has 5 unspecified atom stereocenters. The maximum atomic E-state index is 11.6. The number of rotatable bonds is 6. The van der Waals surface area contributed by atoms with Crippen LogP contribution in [0.3, 0.4) is 0 Å². The van der Waals surface area contributed by atoms with E-state index in [1.165, 1.54) is 18.1 Å². The number of carboxylic acid groups (broad SMARTS) is 1. The zero-order valence-electron chi connectivity index (χ0n) is 22.0. The molecule has 0 aliphatic heterocycles. The molecule has 0 amide bonds. The average molecular weight is 471 g/mol. The predicted octanol–water partition coefficient (Wildman–Crippen LogP) is 6.84. The fraction of sp³-hybridized carbons (Fsp3) is 0.655. The summed E-state index contributed by atoms with van der Waals surface area (Å²) in [6.07, 6.45) is 5.82. The number of benzene rings is 1. The van der Waals surface area contributed by atoms with E-state index in [0.717, 1.165) is 31.2 Å². The van der Waals surface area contributed by atoms with Gasteiger partial charge in [-0.1, -0.05) is 31.9 Å². The van der Waals surface area contributed by atoms with Gasteiger partial charge in [0.2, 0.25) is 0 Å². The van der Waals surface area contributed by atoms with E-state index in [4.69, 9.17) is 4.74 Å². The van der Waals surface area contributed by atoms with Crippen molar-refractivity contribution in [3.8, 4) is 11.5 Å². The number of aryl methyl sites for hydroxylation is 1. The molecule has 188 valence electrons. The molecule has 2 fully saturated rings. The summed E-state index contributed by atoms with van der Waals surface area (Å²) in [6.45, 7) is 14.6. The molecular formula is C29H42O5. The van der Waals surface area contributed by atoms with Crippen LogP contribution >= 0.6 is 0 Å². The van der Waals surface area contributed by atoms with Gasteiger partial charge in [0, 0.05) is 13.3 Å². The number of ether oxygens (including phenoxy) is 1. The molecule has 34 heavy (non-hydrogen) atoms. The summed E-state index contributed by atoms with van der Waals surface area (Å²) in [5.74, 6) is 0.778. The highest BCUT2D eigenvalue weighted by Crippen LogP contribution is 2.65. The van der Waals surface area contributed by atoms with Crippen LogP contribution in [-0.2, 0) is 16.0 Å². The fourth-order valence-electron chi connectivity index (χ4n) is 7.33. The number of allylic oxidation sites excluding steroid dienone is 2. The summed E-state index contributed by atoms with van der Waals surface area (Å²) < 4.78 is 5.37. The first-order valence-electron chi connectivity index (χ1n) is 12.7. The standard InChI is InChI=1S/C29H42O5/c1-17(2)23-8-10-25-28(6,24(23)9-11-26(31)32)13-12-19(4)29(25,7)16-21-15-22(34-20(5)30)14-18(3)27(21)33/h14-15,19,24-25,33H,8-13,16H2,1-7H3,(H,31,32). The third-order valence-corrected chi connectivity index (χ3v) is 9.23. The molecule has 0 heterocycles. The van der Waals surface area contributed by atoms with Crippen molar-refractivity contribution in [3.63, 3.8) is 0 Å². The first-order valence-corrected chi connectivity index (χ1v) is 12.7. The van der Waals surface area contributed by atoms with Crippen molar-refractivity contribution >= 4 is 11.9 Å². The van der Waals surface area contributed by atoms with Gasteiger partial charge in [0.1, 0.15) is 11.5 Å². The van der Waals surface area contributed by atoms with Gasteiger partial charge in [-0.2, -0.15) is 0 Å². The average Bonchev–Trinajstić information content (AvgIpc) is 2.72. The summed E-state index contributed by atoms with van der Waals surface area (Å²) >= 11 is 0. The van der Waals surface area contributed by atoms with Gasteiger partial charge in [0.05, 0.1) is 0 Å². The van der Waals surface area contributed by atoms with Gasteiger partial charge in [0.15, 0.2) is 0 Å². The van der Waals surface area contributed by atoms with Crippen LogP contribution in [0.15, 0.2) is 23.3 Å². The van der Waals surface area contributed by atoms with Crippen LogP contribution in [0.2, 0.25) is 0 Å². The molecule has 0 spiro atoms. The van der Waals surface area contributed by atoms with E-state index in [1.807, 2.05) is 13.0 Å². The Hall–Kier alpha value is -2.30. The van der Waals surface area contributed by atoms with E-state index in [9.17, 15) is 19.8 Å². The van der Waals surface area contributed by atoms with Gasteiger partial charge < -0.3 is 14.9 Å². The second-order valence-corrected chi connectivity index (χ2v) is 11.6. The normalized spacial score (nSPS) is 31.0. The van der Waals surface area contributed by atoms with E-state index in [2.05, 4.69) is 34.6 Å². The number of aliphatic carboxylic acids is 1. The second kappa shape index (κ2) is 9.75. The smallest absolute Gasteiger partial charge is 0.308 e. The van der Waals surface area contributed by atoms with Crippen LogP contribution in [0.25, 0.3) is 0 Å². The highest BCUT2D eigenvalue weighted by Gasteiger charge is 2.57. The van der Waals surface area contributed by atoms with Gasteiger partial charge in [-0.3, -0.25) is 9.59 Å². The van der Waals surface area contributed by atoms with E-state index >= 15 is 0 Å². The Morgan fingerprint density at radius 3 is 2.41 bits per heavy atom. The molecule has 2 aliphatic rings. The van der Waals surface area contributed by atoms with Crippen molar-refractivity contribution in [2.75, 3.05) is 0 Å². The minimum absolute atomic E-state index is 0.0136. The van der Waals surface area contributed by atoms with Gasteiger partial charge in [-0.25, -0.2) is 0 Å². The Kier molecular flexibility index (Phi) is 7.54. The van der Waals surface area contributed by atoms with E-state index in [-0.39, 0.29) is 34.9 Å². The minimum Gasteiger partial charge on any atom is -0.507 e. The SMILES string of the molecule is CC(=O)Oc1cc(C)c(O)c(CC2(C)C(C)CCC3(C)C(CCC(=O)O)C(=C(C)C)CCC23)c1. The Labute approximate surface area is 204 Å². The number of carboxylic acids is 1. The lowest BCUT2D eigenvalue weighted by atomic mass is 9.43. The van der Waals surface area contributed by atoms with E-state index in [0.29, 0.717) is 36.0 Å². The molecular weight excluding hydrogens is 428 g/mol. The molecule has 2 saturated carbocycles. The third kappa shape index (κ3) is 4.89.